The van der Waals surface area contributed by atoms with Gasteiger partial charge in [0.15, 0.2) is 0 Å². The summed E-state index contributed by atoms with van der Waals surface area (Å²) in [5, 5.41) is 2.94. The van der Waals surface area contributed by atoms with E-state index >= 15 is 0 Å². The quantitative estimate of drug-likeness (QED) is 0.925. The molecule has 1 N–H and O–H groups in total. The van der Waals surface area contributed by atoms with E-state index < -0.39 is 5.82 Å². The first-order valence-corrected chi connectivity index (χ1v) is 6.99. The van der Waals surface area contributed by atoms with Crippen LogP contribution in [-0.4, -0.2) is 42.6 Å². The molecule has 2 unspecified atom stereocenters. The van der Waals surface area contributed by atoms with Crippen LogP contribution in [0.1, 0.15) is 31.1 Å². The predicted octanol–water partition coefficient (Wildman–Crippen LogP) is 2.51. The first-order chi connectivity index (χ1) is 9.54. The molecule has 0 saturated carbocycles. The summed E-state index contributed by atoms with van der Waals surface area (Å²) in [5.74, 6) is -0.547. The van der Waals surface area contributed by atoms with Crippen LogP contribution in [0.25, 0.3) is 0 Å². The van der Waals surface area contributed by atoms with Gasteiger partial charge in [-0.1, -0.05) is 6.07 Å². The van der Waals surface area contributed by atoms with E-state index in [2.05, 4.69) is 5.32 Å². The Hall–Kier alpha value is -1.62. The Morgan fingerprint density at radius 1 is 1.50 bits per heavy atom. The van der Waals surface area contributed by atoms with Crippen molar-refractivity contribution in [1.82, 2.24) is 4.90 Å². The van der Waals surface area contributed by atoms with Gasteiger partial charge in [-0.3, -0.25) is 4.79 Å². The number of anilines is 1. The highest BCUT2D eigenvalue weighted by Gasteiger charge is 2.29. The lowest BCUT2D eigenvalue weighted by molar-refractivity contribution is -0.0386. The van der Waals surface area contributed by atoms with Crippen molar-refractivity contribution in [2.45, 2.75) is 32.9 Å². The number of amides is 1. The number of hydrogen-bond acceptors (Lipinski definition) is 3. The van der Waals surface area contributed by atoms with Crippen LogP contribution in [-0.2, 0) is 4.74 Å². The van der Waals surface area contributed by atoms with Crippen LogP contribution in [0.5, 0.6) is 0 Å². The third kappa shape index (κ3) is 2.93. The average molecular weight is 280 g/mol. The Labute approximate surface area is 118 Å². The SMILES string of the molecule is CCNc1c(F)cccc1C(=O)N1CC(C)OCC1C. The fourth-order valence-electron chi connectivity index (χ4n) is 2.40. The van der Waals surface area contributed by atoms with E-state index in [1.165, 1.54) is 6.07 Å². The lowest BCUT2D eigenvalue weighted by Gasteiger charge is -2.37. The molecule has 1 aliphatic rings. The number of carbonyl (C=O) groups excluding carboxylic acids is 1. The van der Waals surface area contributed by atoms with Gasteiger partial charge in [0, 0.05) is 13.1 Å². The lowest BCUT2D eigenvalue weighted by Crippen LogP contribution is -2.50. The second-order valence-corrected chi connectivity index (χ2v) is 5.14. The summed E-state index contributed by atoms with van der Waals surface area (Å²) >= 11 is 0. The van der Waals surface area contributed by atoms with Crippen molar-refractivity contribution in [3.8, 4) is 0 Å². The molecule has 110 valence electrons. The molecule has 1 amide bonds. The smallest absolute Gasteiger partial charge is 0.256 e. The van der Waals surface area contributed by atoms with Crippen LogP contribution in [0.15, 0.2) is 18.2 Å². The molecule has 0 bridgehead atoms. The van der Waals surface area contributed by atoms with Crippen molar-refractivity contribution in [2.75, 3.05) is 25.0 Å². The van der Waals surface area contributed by atoms with E-state index in [9.17, 15) is 9.18 Å². The highest BCUT2D eigenvalue weighted by molar-refractivity contribution is 6.00. The van der Waals surface area contributed by atoms with Gasteiger partial charge in [0.2, 0.25) is 0 Å². The average Bonchev–Trinajstić information content (AvgIpc) is 2.43. The zero-order chi connectivity index (χ0) is 14.7. The van der Waals surface area contributed by atoms with E-state index in [1.807, 2.05) is 20.8 Å². The highest BCUT2D eigenvalue weighted by atomic mass is 19.1. The zero-order valence-electron chi connectivity index (χ0n) is 12.1. The topological polar surface area (TPSA) is 41.6 Å². The predicted molar refractivity (Wildman–Crippen MR) is 76.5 cm³/mol. The van der Waals surface area contributed by atoms with Crippen molar-refractivity contribution in [1.29, 1.82) is 0 Å². The van der Waals surface area contributed by atoms with Crippen LogP contribution >= 0.6 is 0 Å². The standard InChI is InChI=1S/C15H21FN2O2/c1-4-17-14-12(6-5-7-13(14)16)15(19)18-8-11(3)20-9-10(18)2/h5-7,10-11,17H,4,8-9H2,1-3H3. The number of morpholine rings is 1. The van der Waals surface area contributed by atoms with Crippen LogP contribution in [0, 0.1) is 5.82 Å². The number of halogens is 1. The van der Waals surface area contributed by atoms with E-state index in [0.717, 1.165) is 0 Å². The zero-order valence-corrected chi connectivity index (χ0v) is 12.1. The van der Waals surface area contributed by atoms with Crippen LogP contribution in [0.3, 0.4) is 0 Å². The summed E-state index contributed by atoms with van der Waals surface area (Å²) in [6.07, 6.45) is 0.00583. The fourth-order valence-corrected chi connectivity index (χ4v) is 2.40. The molecule has 2 atom stereocenters. The largest absolute Gasteiger partial charge is 0.382 e. The Morgan fingerprint density at radius 2 is 2.25 bits per heavy atom. The lowest BCUT2D eigenvalue weighted by atomic mass is 10.1. The first kappa shape index (κ1) is 14.8. The van der Waals surface area contributed by atoms with Crippen molar-refractivity contribution >= 4 is 11.6 Å². The molecular formula is C15H21FN2O2. The second kappa shape index (κ2) is 6.22. The van der Waals surface area contributed by atoms with Gasteiger partial charge < -0.3 is 15.0 Å². The second-order valence-electron chi connectivity index (χ2n) is 5.14. The van der Waals surface area contributed by atoms with Gasteiger partial charge in [0.25, 0.3) is 5.91 Å². The molecule has 1 aliphatic heterocycles. The van der Waals surface area contributed by atoms with Gasteiger partial charge in [-0.2, -0.15) is 0 Å². The monoisotopic (exact) mass is 280 g/mol. The molecule has 1 fully saturated rings. The van der Waals surface area contributed by atoms with Crippen molar-refractivity contribution in [2.24, 2.45) is 0 Å². The number of rotatable bonds is 3. The molecule has 0 aliphatic carbocycles. The van der Waals surface area contributed by atoms with E-state index in [0.29, 0.717) is 25.3 Å². The van der Waals surface area contributed by atoms with Crippen molar-refractivity contribution < 1.29 is 13.9 Å². The third-order valence-electron chi connectivity index (χ3n) is 3.47. The van der Waals surface area contributed by atoms with Crippen LogP contribution in [0.4, 0.5) is 10.1 Å². The third-order valence-corrected chi connectivity index (χ3v) is 3.47. The molecule has 1 aromatic rings. The number of carbonyl (C=O) groups is 1. The Morgan fingerprint density at radius 3 is 2.95 bits per heavy atom. The van der Waals surface area contributed by atoms with Crippen molar-refractivity contribution in [3.05, 3.63) is 29.6 Å². The van der Waals surface area contributed by atoms with E-state index in [-0.39, 0.29) is 23.7 Å². The van der Waals surface area contributed by atoms with Gasteiger partial charge in [0.1, 0.15) is 5.82 Å². The molecule has 20 heavy (non-hydrogen) atoms. The number of hydrogen-bond donors (Lipinski definition) is 1. The molecule has 5 heteroatoms. The maximum Gasteiger partial charge on any atom is 0.256 e. The maximum absolute atomic E-state index is 13.9. The highest BCUT2D eigenvalue weighted by Crippen LogP contribution is 2.23. The summed E-state index contributed by atoms with van der Waals surface area (Å²) in [6.45, 7) is 7.36. The maximum atomic E-state index is 13.9. The normalized spacial score (nSPS) is 22.7. The number of benzene rings is 1. The number of nitrogens with zero attached hydrogens (tertiary/aromatic N) is 1. The Balaban J connectivity index is 2.30. The molecule has 4 nitrogen and oxygen atoms in total. The number of para-hydroxylation sites is 1. The first-order valence-electron chi connectivity index (χ1n) is 6.99. The van der Waals surface area contributed by atoms with Gasteiger partial charge in [0.05, 0.1) is 30.0 Å². The molecular weight excluding hydrogens is 259 g/mol. The minimum absolute atomic E-state index is 0.00329. The minimum Gasteiger partial charge on any atom is -0.382 e. The minimum atomic E-state index is -0.397. The molecule has 0 spiro atoms. The Kier molecular flexibility index (Phi) is 4.60. The molecule has 1 saturated heterocycles. The van der Waals surface area contributed by atoms with E-state index in [4.69, 9.17) is 4.74 Å². The summed E-state index contributed by atoms with van der Waals surface area (Å²) < 4.78 is 19.4. The molecule has 1 aromatic carbocycles. The van der Waals surface area contributed by atoms with Gasteiger partial charge in [-0.15, -0.1) is 0 Å². The number of ether oxygens (including phenoxy) is 1. The molecule has 0 radical (unpaired) electrons. The Bertz CT molecular complexity index is 493. The fraction of sp³-hybridized carbons (Fsp3) is 0.533. The molecule has 1 heterocycles. The summed E-state index contributed by atoms with van der Waals surface area (Å²) in [4.78, 5) is 14.4. The van der Waals surface area contributed by atoms with E-state index in [1.54, 1.807) is 17.0 Å². The summed E-state index contributed by atoms with van der Waals surface area (Å²) in [6, 6.07) is 4.59. The van der Waals surface area contributed by atoms with Gasteiger partial charge in [-0.05, 0) is 32.9 Å². The van der Waals surface area contributed by atoms with Gasteiger partial charge >= 0.3 is 0 Å². The van der Waals surface area contributed by atoms with Crippen molar-refractivity contribution in [3.63, 3.8) is 0 Å². The molecule has 2 rings (SSSR count). The van der Waals surface area contributed by atoms with Crippen LogP contribution in [0.2, 0.25) is 0 Å². The summed E-state index contributed by atoms with van der Waals surface area (Å²) in [5.41, 5.74) is 0.666. The molecule has 0 aromatic heterocycles. The van der Waals surface area contributed by atoms with Crippen LogP contribution < -0.4 is 5.32 Å². The number of nitrogens with one attached hydrogen (secondary N) is 1. The summed E-state index contributed by atoms with van der Waals surface area (Å²) in [7, 11) is 0. The van der Waals surface area contributed by atoms with Gasteiger partial charge in [-0.25, -0.2) is 4.39 Å².